The number of unbranched alkanes of at least 4 members (excludes halogenated alkanes) is 8. The van der Waals surface area contributed by atoms with Crippen LogP contribution in [0.1, 0.15) is 71.1 Å². The molecule has 5 N–H and O–H groups in total. The van der Waals surface area contributed by atoms with Gasteiger partial charge in [0.2, 0.25) is 5.91 Å². The summed E-state index contributed by atoms with van der Waals surface area (Å²) in [6.45, 7) is 1.33. The highest BCUT2D eigenvalue weighted by atomic mass is 16.4. The lowest BCUT2D eigenvalue weighted by atomic mass is 10.0. The number of hydrogen-bond acceptors (Lipinski definition) is 6. The fourth-order valence-corrected chi connectivity index (χ4v) is 2.83. The van der Waals surface area contributed by atoms with Crippen LogP contribution in [0.2, 0.25) is 0 Å². The summed E-state index contributed by atoms with van der Waals surface area (Å²) in [5.74, 6) is -0.128. The lowest BCUT2D eigenvalue weighted by molar-refractivity contribution is -0.138. The van der Waals surface area contributed by atoms with E-state index in [0.29, 0.717) is 6.42 Å². The van der Waals surface area contributed by atoms with Gasteiger partial charge in [0.1, 0.15) is 24.4 Å². The third-order valence-electron chi connectivity index (χ3n) is 4.71. The Morgan fingerprint density at radius 2 is 1.27 bits per heavy atom. The molecule has 0 radical (unpaired) electrons. The second kappa shape index (κ2) is 15.3. The maximum absolute atomic E-state index is 12.0. The molecule has 0 bridgehead atoms. The molecule has 0 heterocycles. The van der Waals surface area contributed by atoms with Gasteiger partial charge in [0.15, 0.2) is 0 Å². The number of amides is 1. The minimum atomic E-state index is -1.67. The van der Waals surface area contributed by atoms with Crippen molar-refractivity contribution >= 4 is 5.91 Å². The first-order valence-corrected chi connectivity index (χ1v) is 9.92. The molecular formula is C19H39NO6. The van der Waals surface area contributed by atoms with Crippen LogP contribution in [-0.2, 0) is 4.79 Å². The summed E-state index contributed by atoms with van der Waals surface area (Å²) in [6.07, 6.45) is 4.64. The van der Waals surface area contributed by atoms with Crippen LogP contribution >= 0.6 is 0 Å². The topological polar surface area (TPSA) is 121 Å². The van der Waals surface area contributed by atoms with E-state index in [1.165, 1.54) is 50.5 Å². The average Bonchev–Trinajstić information content (AvgIpc) is 2.64. The number of nitrogens with zero attached hydrogens (tertiary/aromatic N) is 1. The summed E-state index contributed by atoms with van der Waals surface area (Å²) >= 11 is 0. The summed E-state index contributed by atoms with van der Waals surface area (Å²) in [5.41, 5.74) is 0. The molecule has 0 aromatic heterocycles. The van der Waals surface area contributed by atoms with Gasteiger partial charge in [-0.1, -0.05) is 58.3 Å². The monoisotopic (exact) mass is 377 g/mol. The first-order valence-electron chi connectivity index (χ1n) is 9.92. The third kappa shape index (κ3) is 11.1. The second-order valence-corrected chi connectivity index (χ2v) is 7.15. The number of aliphatic hydroxyl groups is 5. The Hall–Kier alpha value is -0.730. The van der Waals surface area contributed by atoms with Gasteiger partial charge in [-0.15, -0.1) is 0 Å². The fraction of sp³-hybridized carbons (Fsp3) is 0.947. The van der Waals surface area contributed by atoms with Crippen LogP contribution in [0.4, 0.5) is 0 Å². The van der Waals surface area contributed by atoms with Crippen molar-refractivity contribution in [2.24, 2.45) is 0 Å². The van der Waals surface area contributed by atoms with E-state index < -0.39 is 31.0 Å². The molecule has 0 aromatic carbocycles. The van der Waals surface area contributed by atoms with Gasteiger partial charge in [-0.2, -0.15) is 0 Å². The lowest BCUT2D eigenvalue weighted by Gasteiger charge is -2.28. The minimum absolute atomic E-state index is 0.128. The van der Waals surface area contributed by atoms with E-state index >= 15 is 0 Å². The van der Waals surface area contributed by atoms with E-state index in [1.54, 1.807) is 0 Å². The number of hydrogen-bond donors (Lipinski definition) is 5. The highest BCUT2D eigenvalue weighted by Gasteiger charge is 2.31. The molecule has 26 heavy (non-hydrogen) atoms. The average molecular weight is 378 g/mol. The van der Waals surface area contributed by atoms with Gasteiger partial charge < -0.3 is 30.4 Å². The molecule has 4 atom stereocenters. The predicted molar refractivity (Wildman–Crippen MR) is 101 cm³/mol. The number of rotatable bonds is 16. The summed E-state index contributed by atoms with van der Waals surface area (Å²) in [6, 6.07) is 0. The van der Waals surface area contributed by atoms with Gasteiger partial charge in [0.05, 0.1) is 6.61 Å². The van der Waals surface area contributed by atoms with Crippen molar-refractivity contribution in [3.8, 4) is 0 Å². The number of carbonyl (C=O) groups is 1. The highest BCUT2D eigenvalue weighted by molar-refractivity contribution is 5.75. The van der Waals surface area contributed by atoms with Crippen LogP contribution in [0.25, 0.3) is 0 Å². The van der Waals surface area contributed by atoms with Crippen LogP contribution in [0.15, 0.2) is 0 Å². The predicted octanol–water partition coefficient (Wildman–Crippen LogP) is 0.802. The number of carbonyl (C=O) groups excluding carboxylic acids is 1. The van der Waals surface area contributed by atoms with Crippen molar-refractivity contribution in [3.05, 3.63) is 0 Å². The Morgan fingerprint density at radius 1 is 0.808 bits per heavy atom. The Labute approximate surface area is 157 Å². The van der Waals surface area contributed by atoms with Crippen LogP contribution in [-0.4, -0.2) is 81.0 Å². The first kappa shape index (κ1) is 25.3. The minimum Gasteiger partial charge on any atom is -0.394 e. The quantitative estimate of drug-likeness (QED) is 0.254. The summed E-state index contributed by atoms with van der Waals surface area (Å²) < 4.78 is 0. The Kier molecular flexibility index (Phi) is 14.9. The molecule has 0 fully saturated rings. The van der Waals surface area contributed by atoms with E-state index in [4.69, 9.17) is 5.11 Å². The van der Waals surface area contributed by atoms with Crippen molar-refractivity contribution in [2.75, 3.05) is 20.2 Å². The van der Waals surface area contributed by atoms with Crippen molar-refractivity contribution in [1.82, 2.24) is 4.90 Å². The van der Waals surface area contributed by atoms with Gasteiger partial charge in [0.25, 0.3) is 0 Å². The van der Waals surface area contributed by atoms with Crippen LogP contribution < -0.4 is 0 Å². The zero-order valence-electron chi connectivity index (χ0n) is 16.4. The van der Waals surface area contributed by atoms with Gasteiger partial charge in [0, 0.05) is 20.0 Å². The van der Waals surface area contributed by atoms with E-state index in [1.807, 2.05) is 0 Å². The SMILES string of the molecule is CCCCCCCCCCCC(=O)N(C)CC(O)C(O)C(O)C(O)CO. The van der Waals surface area contributed by atoms with Gasteiger partial charge >= 0.3 is 0 Å². The zero-order chi connectivity index (χ0) is 19.9. The van der Waals surface area contributed by atoms with Crippen LogP contribution in [0.3, 0.4) is 0 Å². The Bertz CT molecular complexity index is 355. The van der Waals surface area contributed by atoms with Crippen LogP contribution in [0, 0.1) is 0 Å². The molecule has 0 saturated carbocycles. The van der Waals surface area contributed by atoms with Crippen molar-refractivity contribution in [2.45, 2.75) is 95.5 Å². The highest BCUT2D eigenvalue weighted by Crippen LogP contribution is 2.12. The van der Waals surface area contributed by atoms with Gasteiger partial charge in [-0.25, -0.2) is 0 Å². The second-order valence-electron chi connectivity index (χ2n) is 7.15. The van der Waals surface area contributed by atoms with Crippen LogP contribution in [0.5, 0.6) is 0 Å². The fourth-order valence-electron chi connectivity index (χ4n) is 2.83. The first-order chi connectivity index (χ1) is 12.3. The maximum atomic E-state index is 12.0. The Balaban J connectivity index is 3.88. The molecule has 0 aromatic rings. The molecule has 7 heteroatoms. The van der Waals surface area contributed by atoms with Crippen molar-refractivity contribution < 1.29 is 30.3 Å². The number of likely N-dealkylation sites (N-methyl/N-ethyl adjacent to an activating group) is 1. The molecule has 0 aliphatic heterocycles. The summed E-state index contributed by atoms with van der Waals surface area (Å²) in [7, 11) is 1.53. The zero-order valence-corrected chi connectivity index (χ0v) is 16.4. The molecule has 156 valence electrons. The lowest BCUT2D eigenvalue weighted by Crippen LogP contribution is -2.49. The molecule has 0 rings (SSSR count). The van der Waals surface area contributed by atoms with Crippen molar-refractivity contribution in [3.63, 3.8) is 0 Å². The molecule has 0 aliphatic rings. The Morgan fingerprint density at radius 3 is 1.77 bits per heavy atom. The molecule has 0 saturated heterocycles. The number of aliphatic hydroxyl groups excluding tert-OH is 5. The standard InChI is InChI=1S/C19H39NO6/c1-3-4-5-6-7-8-9-10-11-12-17(24)20(2)13-15(22)18(25)19(26)16(23)14-21/h15-16,18-19,21-23,25-26H,3-14H2,1-2H3. The smallest absolute Gasteiger partial charge is 0.222 e. The summed E-state index contributed by atoms with van der Waals surface area (Å²) in [4.78, 5) is 13.4. The molecule has 7 nitrogen and oxygen atoms in total. The largest absolute Gasteiger partial charge is 0.394 e. The van der Waals surface area contributed by atoms with Gasteiger partial charge in [-0.05, 0) is 6.42 Å². The third-order valence-corrected chi connectivity index (χ3v) is 4.71. The molecule has 0 spiro atoms. The van der Waals surface area contributed by atoms with E-state index in [9.17, 15) is 25.2 Å². The molecule has 1 amide bonds. The van der Waals surface area contributed by atoms with E-state index in [0.717, 1.165) is 19.3 Å². The maximum Gasteiger partial charge on any atom is 0.222 e. The molecular weight excluding hydrogens is 338 g/mol. The van der Waals surface area contributed by atoms with E-state index in [-0.39, 0.29) is 12.5 Å². The van der Waals surface area contributed by atoms with Gasteiger partial charge in [-0.3, -0.25) is 4.79 Å². The molecule has 4 unspecified atom stereocenters. The normalized spacial score (nSPS) is 16.1. The van der Waals surface area contributed by atoms with E-state index in [2.05, 4.69) is 6.92 Å². The molecule has 0 aliphatic carbocycles. The summed E-state index contributed by atoms with van der Waals surface area (Å²) in [5, 5.41) is 47.3. The van der Waals surface area contributed by atoms with Crippen molar-refractivity contribution in [1.29, 1.82) is 0 Å².